The van der Waals surface area contributed by atoms with Crippen LogP contribution in [0.1, 0.15) is 57.9 Å². The van der Waals surface area contributed by atoms with Crippen molar-refractivity contribution in [1.29, 1.82) is 0 Å². The van der Waals surface area contributed by atoms with Crippen molar-refractivity contribution in [3.05, 3.63) is 70.8 Å². The maximum Gasteiger partial charge on any atom is 0.488 e. The van der Waals surface area contributed by atoms with Crippen LogP contribution < -0.4 is 10.4 Å². The summed E-state index contributed by atoms with van der Waals surface area (Å²) in [4.78, 5) is 28.4. The normalized spacial score (nSPS) is 22.1. The Balaban J connectivity index is 1.62. The van der Waals surface area contributed by atoms with Crippen molar-refractivity contribution in [3.63, 3.8) is 0 Å². The first-order valence-corrected chi connectivity index (χ1v) is 14.0. The molecule has 0 spiro atoms. The number of phenols is 1. The van der Waals surface area contributed by atoms with Gasteiger partial charge in [0.15, 0.2) is 0 Å². The zero-order valence-corrected chi connectivity index (χ0v) is 23.0. The third-order valence-electron chi connectivity index (χ3n) is 8.21. The zero-order valence-electron chi connectivity index (χ0n) is 23.0. The van der Waals surface area contributed by atoms with Crippen LogP contribution in [0.3, 0.4) is 0 Å². The van der Waals surface area contributed by atoms with E-state index < -0.39 is 36.9 Å². The van der Waals surface area contributed by atoms with Crippen molar-refractivity contribution in [2.75, 3.05) is 11.5 Å². The Morgan fingerprint density at radius 1 is 1.10 bits per heavy atom. The number of fused-ring (bicyclic) bond motifs is 1. The van der Waals surface area contributed by atoms with Crippen LogP contribution in [-0.2, 0) is 9.59 Å². The number of phenolic OH excluding ortho intramolecular Hbond substituents is 1. The number of nitrogens with zero attached hydrogens (tertiary/aromatic N) is 1. The standard InChI is InChI=1S/C31H38BNO7/c1-3-8-21-16-24-29(31(38)33(30(24)37)23-11-7-10-22(17-23)32(39)40)25(18-34)28(21)27(36)14-13-19(4-2)15-20-9-5-6-12-26(20)35/h5-7,9-12,15,17,24-25,27,29,34-36,39-40H,3-4,8,13-14,16,18H2,1-2H3/b19-15+/t24-,25+,27-,29-/m1/s1. The number of carbonyl (C=O) groups is 2. The number of amides is 2. The van der Waals surface area contributed by atoms with Gasteiger partial charge in [-0.3, -0.25) is 14.5 Å². The summed E-state index contributed by atoms with van der Waals surface area (Å²) in [5.74, 6) is -2.80. The molecule has 0 saturated carbocycles. The average molecular weight is 547 g/mol. The van der Waals surface area contributed by atoms with Gasteiger partial charge in [0.25, 0.3) is 0 Å². The lowest BCUT2D eigenvalue weighted by Crippen LogP contribution is -2.39. The first kappa shape index (κ1) is 29.7. The number of hydrogen-bond acceptors (Lipinski definition) is 7. The summed E-state index contributed by atoms with van der Waals surface area (Å²) in [5, 5.41) is 51.3. The van der Waals surface area contributed by atoms with Crippen molar-refractivity contribution in [3.8, 4) is 5.75 Å². The highest BCUT2D eigenvalue weighted by atomic mass is 16.4. The van der Waals surface area contributed by atoms with Crippen LogP contribution in [0.2, 0.25) is 0 Å². The fraction of sp³-hybridized carbons (Fsp3) is 0.419. The Kier molecular flexibility index (Phi) is 9.63. The molecule has 4 rings (SSSR count). The van der Waals surface area contributed by atoms with Gasteiger partial charge < -0.3 is 25.4 Å². The quantitative estimate of drug-likeness (QED) is 0.166. The van der Waals surface area contributed by atoms with E-state index in [0.717, 1.165) is 28.9 Å². The number of carbonyl (C=O) groups excluding carboxylic acids is 2. The summed E-state index contributed by atoms with van der Waals surface area (Å²) in [6.07, 6.45) is 4.48. The minimum Gasteiger partial charge on any atom is -0.507 e. The first-order valence-electron chi connectivity index (χ1n) is 14.0. The number of benzene rings is 2. The number of hydrogen-bond donors (Lipinski definition) is 5. The Labute approximate surface area is 235 Å². The Hall–Kier alpha value is -3.24. The second-order valence-corrected chi connectivity index (χ2v) is 10.7. The van der Waals surface area contributed by atoms with Crippen LogP contribution in [0.15, 0.2) is 65.3 Å². The monoisotopic (exact) mass is 547 g/mol. The fourth-order valence-electron chi connectivity index (χ4n) is 6.23. The van der Waals surface area contributed by atoms with E-state index in [9.17, 15) is 35.0 Å². The largest absolute Gasteiger partial charge is 0.507 e. The van der Waals surface area contributed by atoms with Crippen LogP contribution in [0.4, 0.5) is 5.69 Å². The maximum absolute atomic E-state index is 13.7. The van der Waals surface area contributed by atoms with Crippen LogP contribution in [0.5, 0.6) is 5.75 Å². The molecule has 0 unspecified atom stereocenters. The molecule has 40 heavy (non-hydrogen) atoms. The van der Waals surface area contributed by atoms with E-state index in [2.05, 4.69) is 0 Å². The number of aromatic hydroxyl groups is 1. The van der Waals surface area contributed by atoms with Crippen molar-refractivity contribution < 1.29 is 35.0 Å². The van der Waals surface area contributed by atoms with Crippen LogP contribution >= 0.6 is 0 Å². The molecule has 5 N–H and O–H groups in total. The van der Waals surface area contributed by atoms with Gasteiger partial charge in [0.05, 0.1) is 30.2 Å². The van der Waals surface area contributed by atoms with E-state index in [4.69, 9.17) is 0 Å². The van der Waals surface area contributed by atoms with E-state index in [0.29, 0.717) is 36.8 Å². The molecule has 0 radical (unpaired) electrons. The van der Waals surface area contributed by atoms with Gasteiger partial charge >= 0.3 is 7.12 Å². The highest BCUT2D eigenvalue weighted by Crippen LogP contribution is 2.48. The molecule has 2 amide bonds. The van der Waals surface area contributed by atoms with Gasteiger partial charge in [-0.2, -0.15) is 0 Å². The molecule has 2 aliphatic rings. The van der Waals surface area contributed by atoms with Crippen molar-refractivity contribution in [2.24, 2.45) is 17.8 Å². The van der Waals surface area contributed by atoms with Crippen molar-refractivity contribution in [1.82, 2.24) is 0 Å². The number of aliphatic hydroxyl groups excluding tert-OH is 2. The minimum atomic E-state index is -1.74. The third-order valence-corrected chi connectivity index (χ3v) is 8.21. The SMILES string of the molecule is CCCC1=C([C@H](O)CC/C(=C/c2ccccc2O)CC)[C@H](CO)[C@@H]2C(=O)N(c3cccc(B(O)O)c3)C(=O)[C@@H]2C1. The Bertz CT molecular complexity index is 1300. The van der Waals surface area contributed by atoms with Gasteiger partial charge in [-0.1, -0.05) is 67.8 Å². The van der Waals surface area contributed by atoms with E-state index in [1.807, 2.05) is 32.1 Å². The summed E-state index contributed by atoms with van der Waals surface area (Å²) in [6, 6.07) is 13.1. The zero-order chi connectivity index (χ0) is 29.0. The molecule has 1 aliphatic heterocycles. The lowest BCUT2D eigenvalue weighted by Gasteiger charge is -2.36. The number of rotatable bonds is 11. The van der Waals surface area contributed by atoms with E-state index in [1.54, 1.807) is 24.3 Å². The molecule has 9 heteroatoms. The molecule has 1 aliphatic carbocycles. The first-order chi connectivity index (χ1) is 19.2. The van der Waals surface area contributed by atoms with Crippen molar-refractivity contribution >= 4 is 36.2 Å². The van der Waals surface area contributed by atoms with Gasteiger partial charge in [0.2, 0.25) is 11.8 Å². The topological polar surface area (TPSA) is 139 Å². The van der Waals surface area contributed by atoms with E-state index in [1.165, 1.54) is 12.1 Å². The van der Waals surface area contributed by atoms with Gasteiger partial charge in [-0.25, -0.2) is 0 Å². The average Bonchev–Trinajstić information content (AvgIpc) is 3.20. The summed E-state index contributed by atoms with van der Waals surface area (Å²) >= 11 is 0. The molecule has 1 heterocycles. The molecule has 8 nitrogen and oxygen atoms in total. The van der Waals surface area contributed by atoms with Crippen LogP contribution in [-0.4, -0.2) is 57.0 Å². The second-order valence-electron chi connectivity index (χ2n) is 10.7. The summed E-state index contributed by atoms with van der Waals surface area (Å²) < 4.78 is 0. The minimum absolute atomic E-state index is 0.163. The van der Waals surface area contributed by atoms with Gasteiger partial charge in [-0.05, 0) is 61.3 Å². The van der Waals surface area contributed by atoms with Crippen LogP contribution in [0.25, 0.3) is 6.08 Å². The van der Waals surface area contributed by atoms with Gasteiger partial charge in [0, 0.05) is 11.5 Å². The summed E-state index contributed by atoms with van der Waals surface area (Å²) in [7, 11) is -1.74. The van der Waals surface area contributed by atoms with Gasteiger partial charge in [0.1, 0.15) is 5.75 Å². The molecule has 212 valence electrons. The highest BCUT2D eigenvalue weighted by molar-refractivity contribution is 6.58. The molecule has 0 bridgehead atoms. The number of para-hydroxylation sites is 1. The molecule has 2 aromatic rings. The summed E-state index contributed by atoms with van der Waals surface area (Å²) in [5.41, 5.74) is 3.76. The van der Waals surface area contributed by atoms with Crippen LogP contribution in [0, 0.1) is 17.8 Å². The molecular weight excluding hydrogens is 509 g/mol. The van der Waals surface area contributed by atoms with Gasteiger partial charge in [-0.15, -0.1) is 0 Å². The molecule has 1 saturated heterocycles. The maximum atomic E-state index is 13.7. The predicted octanol–water partition coefficient (Wildman–Crippen LogP) is 2.92. The smallest absolute Gasteiger partial charge is 0.488 e. The number of allylic oxidation sites excluding steroid dienone is 2. The Morgan fingerprint density at radius 3 is 2.50 bits per heavy atom. The fourth-order valence-corrected chi connectivity index (χ4v) is 6.23. The Morgan fingerprint density at radius 2 is 1.85 bits per heavy atom. The van der Waals surface area contributed by atoms with E-state index in [-0.39, 0.29) is 29.4 Å². The van der Waals surface area contributed by atoms with Crippen molar-refractivity contribution in [2.45, 2.75) is 58.5 Å². The number of anilines is 1. The molecule has 2 aromatic carbocycles. The second kappa shape index (κ2) is 13.0. The highest BCUT2D eigenvalue weighted by Gasteiger charge is 2.55. The lowest BCUT2D eigenvalue weighted by atomic mass is 9.67. The molecule has 1 fully saturated rings. The third kappa shape index (κ3) is 5.93. The summed E-state index contributed by atoms with van der Waals surface area (Å²) in [6.45, 7) is 3.65. The van der Waals surface area contributed by atoms with E-state index >= 15 is 0 Å². The molecule has 4 atom stereocenters. The molecular formula is C31H38BNO7. The number of aliphatic hydroxyl groups is 2. The molecule has 0 aromatic heterocycles. The predicted molar refractivity (Wildman–Crippen MR) is 154 cm³/mol. The lowest BCUT2D eigenvalue weighted by molar-refractivity contribution is -0.123. The number of imide groups is 1.